The lowest BCUT2D eigenvalue weighted by molar-refractivity contribution is 0.0734. The van der Waals surface area contributed by atoms with Gasteiger partial charge in [0, 0.05) is 22.0 Å². The monoisotopic (exact) mass is 503 g/mol. The Morgan fingerprint density at radius 2 is 1.63 bits per heavy atom. The number of amides is 1. The normalized spacial score (nSPS) is 11.0. The molecule has 0 atom stereocenters. The van der Waals surface area contributed by atoms with Crippen LogP contribution in [0.25, 0.3) is 22.0 Å². The topological polar surface area (TPSA) is 92.8 Å². The van der Waals surface area contributed by atoms with Crippen molar-refractivity contribution in [3.63, 3.8) is 0 Å². The van der Waals surface area contributed by atoms with Gasteiger partial charge in [-0.15, -0.1) is 0 Å². The highest BCUT2D eigenvalue weighted by atomic mass is 16.5. The molecule has 0 aliphatic carbocycles. The Morgan fingerprint density at radius 3 is 2.39 bits per heavy atom. The van der Waals surface area contributed by atoms with Gasteiger partial charge >= 0.3 is 5.97 Å². The number of para-hydroxylation sites is 1. The Kier molecular flexibility index (Phi) is 6.99. The number of ether oxygens (including phenoxy) is 2. The van der Waals surface area contributed by atoms with Crippen molar-refractivity contribution in [1.82, 2.24) is 10.4 Å². The first kappa shape index (κ1) is 24.5. The Labute approximate surface area is 219 Å². The van der Waals surface area contributed by atoms with Crippen molar-refractivity contribution in [3.05, 3.63) is 119 Å². The van der Waals surface area contributed by atoms with E-state index in [-0.39, 0.29) is 5.91 Å². The molecule has 1 aromatic heterocycles. The molecular formula is C31H25N3O4. The van der Waals surface area contributed by atoms with Gasteiger partial charge in [-0.2, -0.15) is 5.10 Å². The van der Waals surface area contributed by atoms with Crippen LogP contribution in [0.2, 0.25) is 0 Å². The number of carbonyl (C=O) groups is 2. The quantitative estimate of drug-likeness (QED) is 0.121. The van der Waals surface area contributed by atoms with Gasteiger partial charge in [0.15, 0.2) is 0 Å². The standard InChI is InChI=1S/C31H25N3O4/c1-20-12-17-26-25(18-20)28(21-8-4-3-5-9-21)29(33-26)30(35)34-32-19-23-10-6-7-11-27(23)38-31(36)22-13-15-24(37-2)16-14-22/h3-19,33H,1-2H3,(H,34,35). The Bertz CT molecular complexity index is 1640. The van der Waals surface area contributed by atoms with Crippen LogP contribution in [0.15, 0.2) is 102 Å². The second-order valence-corrected chi connectivity index (χ2v) is 8.65. The van der Waals surface area contributed by atoms with E-state index in [0.717, 1.165) is 27.6 Å². The molecule has 0 radical (unpaired) electrons. The molecule has 188 valence electrons. The number of hydrazone groups is 1. The molecule has 0 saturated heterocycles. The van der Waals surface area contributed by atoms with E-state index in [1.807, 2.05) is 49.4 Å². The fourth-order valence-electron chi connectivity index (χ4n) is 4.16. The molecule has 5 rings (SSSR count). The number of H-pyrrole nitrogens is 1. The van der Waals surface area contributed by atoms with E-state index >= 15 is 0 Å². The van der Waals surface area contributed by atoms with E-state index < -0.39 is 5.97 Å². The number of aromatic amines is 1. The molecule has 2 N–H and O–H groups in total. The molecular weight excluding hydrogens is 478 g/mol. The largest absolute Gasteiger partial charge is 0.497 e. The number of esters is 1. The fourth-order valence-corrected chi connectivity index (χ4v) is 4.16. The summed E-state index contributed by atoms with van der Waals surface area (Å²) < 4.78 is 10.7. The summed E-state index contributed by atoms with van der Waals surface area (Å²) in [5.41, 5.74) is 7.62. The van der Waals surface area contributed by atoms with Crippen molar-refractivity contribution in [1.29, 1.82) is 0 Å². The average Bonchev–Trinajstić information content (AvgIpc) is 3.33. The zero-order valence-corrected chi connectivity index (χ0v) is 20.9. The fraction of sp³-hybridized carbons (Fsp3) is 0.0645. The second kappa shape index (κ2) is 10.8. The van der Waals surface area contributed by atoms with E-state index in [2.05, 4.69) is 21.6 Å². The van der Waals surface area contributed by atoms with Gasteiger partial charge in [-0.3, -0.25) is 4.79 Å². The molecule has 5 aromatic rings. The van der Waals surface area contributed by atoms with Crippen LogP contribution in [0.3, 0.4) is 0 Å². The maximum Gasteiger partial charge on any atom is 0.343 e. The lowest BCUT2D eigenvalue weighted by Gasteiger charge is -2.08. The summed E-state index contributed by atoms with van der Waals surface area (Å²) >= 11 is 0. The molecule has 0 bridgehead atoms. The zero-order valence-electron chi connectivity index (χ0n) is 20.9. The Balaban J connectivity index is 1.37. The van der Waals surface area contributed by atoms with E-state index in [4.69, 9.17) is 9.47 Å². The van der Waals surface area contributed by atoms with Crippen LogP contribution >= 0.6 is 0 Å². The lowest BCUT2D eigenvalue weighted by atomic mass is 10.0. The second-order valence-electron chi connectivity index (χ2n) is 8.65. The smallest absolute Gasteiger partial charge is 0.343 e. The molecule has 0 unspecified atom stereocenters. The van der Waals surface area contributed by atoms with Crippen LogP contribution in [0, 0.1) is 6.92 Å². The van der Waals surface area contributed by atoms with Gasteiger partial charge in [0.2, 0.25) is 0 Å². The van der Waals surface area contributed by atoms with Gasteiger partial charge in [0.25, 0.3) is 5.91 Å². The van der Waals surface area contributed by atoms with Gasteiger partial charge in [-0.25, -0.2) is 10.2 Å². The number of carbonyl (C=O) groups excluding carboxylic acids is 2. The molecule has 0 saturated carbocycles. The minimum absolute atomic E-state index is 0.317. The highest BCUT2D eigenvalue weighted by molar-refractivity contribution is 6.10. The third-order valence-electron chi connectivity index (χ3n) is 6.06. The summed E-state index contributed by atoms with van der Waals surface area (Å²) in [5.74, 6) is 0.0581. The highest BCUT2D eigenvalue weighted by Gasteiger charge is 2.19. The predicted octanol–water partition coefficient (Wildman–Crippen LogP) is 6.14. The van der Waals surface area contributed by atoms with Crippen LogP contribution < -0.4 is 14.9 Å². The van der Waals surface area contributed by atoms with Crippen LogP contribution in [0.5, 0.6) is 11.5 Å². The summed E-state index contributed by atoms with van der Waals surface area (Å²) in [5, 5.41) is 5.11. The van der Waals surface area contributed by atoms with E-state index in [0.29, 0.717) is 28.3 Å². The molecule has 0 aliphatic rings. The first-order valence-electron chi connectivity index (χ1n) is 12.0. The van der Waals surface area contributed by atoms with Crippen molar-refractivity contribution in [3.8, 4) is 22.6 Å². The van der Waals surface area contributed by atoms with Gasteiger partial charge in [0.05, 0.1) is 18.9 Å². The van der Waals surface area contributed by atoms with Crippen LogP contribution in [0.4, 0.5) is 0 Å². The van der Waals surface area contributed by atoms with Crippen molar-refractivity contribution < 1.29 is 19.1 Å². The minimum atomic E-state index is -0.515. The number of hydrogen-bond acceptors (Lipinski definition) is 5. The third-order valence-corrected chi connectivity index (χ3v) is 6.06. The molecule has 7 heteroatoms. The maximum atomic E-state index is 13.2. The van der Waals surface area contributed by atoms with Crippen LogP contribution in [-0.2, 0) is 0 Å². The Hall–Kier alpha value is -5.17. The zero-order chi connectivity index (χ0) is 26.5. The summed E-state index contributed by atoms with van der Waals surface area (Å²) in [7, 11) is 1.56. The maximum absolute atomic E-state index is 13.2. The number of benzene rings is 4. The summed E-state index contributed by atoms with van der Waals surface area (Å²) in [4.78, 5) is 29.1. The molecule has 1 amide bonds. The SMILES string of the molecule is COc1ccc(C(=O)Oc2ccccc2C=NNC(=O)c2[nH]c3ccc(C)cc3c2-c2ccccc2)cc1. The molecule has 38 heavy (non-hydrogen) atoms. The summed E-state index contributed by atoms with van der Waals surface area (Å²) in [6.45, 7) is 2.02. The number of nitrogens with one attached hydrogen (secondary N) is 2. The lowest BCUT2D eigenvalue weighted by Crippen LogP contribution is -2.19. The molecule has 0 spiro atoms. The van der Waals surface area contributed by atoms with Gasteiger partial charge in [-0.05, 0) is 61.0 Å². The van der Waals surface area contributed by atoms with E-state index in [1.165, 1.54) is 6.21 Å². The van der Waals surface area contributed by atoms with Crippen LogP contribution in [-0.4, -0.2) is 30.2 Å². The first-order chi connectivity index (χ1) is 18.5. The number of aryl methyl sites for hydroxylation is 1. The highest BCUT2D eigenvalue weighted by Crippen LogP contribution is 2.33. The number of aromatic nitrogens is 1. The molecule has 4 aromatic carbocycles. The van der Waals surface area contributed by atoms with Crippen molar-refractivity contribution in [2.45, 2.75) is 6.92 Å². The number of hydrogen-bond donors (Lipinski definition) is 2. The van der Waals surface area contributed by atoms with E-state index in [9.17, 15) is 9.59 Å². The summed E-state index contributed by atoms with van der Waals surface area (Å²) in [6, 6.07) is 29.4. The van der Waals surface area contributed by atoms with Gasteiger partial charge in [0.1, 0.15) is 17.2 Å². The first-order valence-corrected chi connectivity index (χ1v) is 12.0. The molecule has 7 nitrogen and oxygen atoms in total. The molecule has 0 fully saturated rings. The number of rotatable bonds is 7. The average molecular weight is 504 g/mol. The minimum Gasteiger partial charge on any atom is -0.497 e. The molecule has 1 heterocycles. The van der Waals surface area contributed by atoms with E-state index in [1.54, 1.807) is 55.6 Å². The number of methoxy groups -OCH3 is 1. The third kappa shape index (κ3) is 5.17. The Morgan fingerprint density at radius 1 is 0.895 bits per heavy atom. The number of nitrogens with zero attached hydrogens (tertiary/aromatic N) is 1. The predicted molar refractivity (Wildman–Crippen MR) is 148 cm³/mol. The summed E-state index contributed by atoms with van der Waals surface area (Å²) in [6.07, 6.45) is 1.45. The van der Waals surface area contributed by atoms with Crippen molar-refractivity contribution >= 4 is 29.0 Å². The number of fused-ring (bicyclic) bond motifs is 1. The van der Waals surface area contributed by atoms with Crippen LogP contribution in [0.1, 0.15) is 32.0 Å². The van der Waals surface area contributed by atoms with Gasteiger partial charge in [-0.1, -0.05) is 54.1 Å². The van der Waals surface area contributed by atoms with Crippen molar-refractivity contribution in [2.75, 3.05) is 7.11 Å². The molecule has 0 aliphatic heterocycles. The van der Waals surface area contributed by atoms with Crippen molar-refractivity contribution in [2.24, 2.45) is 5.10 Å². The van der Waals surface area contributed by atoms with Gasteiger partial charge < -0.3 is 14.5 Å².